The van der Waals surface area contributed by atoms with Crippen LogP contribution in [0, 0.1) is 11.6 Å². The summed E-state index contributed by atoms with van der Waals surface area (Å²) in [6.07, 6.45) is 0. The minimum Gasteiger partial charge on any atom is -0.465 e. The zero-order valence-corrected chi connectivity index (χ0v) is 12.9. The monoisotopic (exact) mass is 334 g/mol. The summed E-state index contributed by atoms with van der Waals surface area (Å²) in [5.41, 5.74) is 0.937. The zero-order chi connectivity index (χ0) is 17.5. The minimum absolute atomic E-state index is 0.0230. The van der Waals surface area contributed by atoms with Gasteiger partial charge in [-0.05, 0) is 35.9 Å². The van der Waals surface area contributed by atoms with Crippen LogP contribution in [0.5, 0.6) is 0 Å². The highest BCUT2D eigenvalue weighted by atomic mass is 19.1. The van der Waals surface area contributed by atoms with Crippen molar-refractivity contribution < 1.29 is 23.1 Å². The van der Waals surface area contributed by atoms with Crippen LogP contribution in [-0.2, 0) is 16.1 Å². The lowest BCUT2D eigenvalue weighted by molar-refractivity contribution is -0.119. The topological polar surface area (TPSA) is 67.4 Å². The highest BCUT2D eigenvalue weighted by Crippen LogP contribution is 2.16. The number of benzene rings is 2. The Hall–Kier alpha value is -2.96. The van der Waals surface area contributed by atoms with Crippen LogP contribution in [0.15, 0.2) is 42.5 Å². The summed E-state index contributed by atoms with van der Waals surface area (Å²) in [5.74, 6) is -1.91. The largest absolute Gasteiger partial charge is 0.465 e. The van der Waals surface area contributed by atoms with Gasteiger partial charge in [-0.2, -0.15) is 0 Å². The first-order valence-electron chi connectivity index (χ1n) is 7.12. The third kappa shape index (κ3) is 4.77. The molecular formula is C17H16F2N2O3. The molecule has 2 N–H and O–H groups in total. The van der Waals surface area contributed by atoms with Gasteiger partial charge in [-0.25, -0.2) is 13.6 Å². The molecule has 2 rings (SSSR count). The van der Waals surface area contributed by atoms with Crippen LogP contribution in [0.1, 0.15) is 15.9 Å². The Balaban J connectivity index is 1.89. The SMILES string of the molecule is COC(=O)c1ccc(F)c(NCC(=O)NCc2ccc(F)cc2)c1. The molecule has 24 heavy (non-hydrogen) atoms. The van der Waals surface area contributed by atoms with Crippen molar-refractivity contribution in [1.82, 2.24) is 5.32 Å². The number of halogens is 2. The Bertz CT molecular complexity index is 733. The summed E-state index contributed by atoms with van der Waals surface area (Å²) in [6.45, 7) is 0.0498. The van der Waals surface area contributed by atoms with E-state index in [0.717, 1.165) is 11.6 Å². The molecule has 0 aromatic heterocycles. The number of carbonyl (C=O) groups is 2. The molecule has 7 heteroatoms. The Kier molecular flexibility index (Phi) is 5.83. The summed E-state index contributed by atoms with van der Waals surface area (Å²) in [5, 5.41) is 5.24. The molecule has 0 spiro atoms. The predicted octanol–water partition coefficient (Wildman–Crippen LogP) is 2.48. The molecule has 0 fully saturated rings. The number of nitrogens with one attached hydrogen (secondary N) is 2. The van der Waals surface area contributed by atoms with Crippen LogP contribution in [0.25, 0.3) is 0 Å². The number of amides is 1. The average molecular weight is 334 g/mol. The molecule has 0 aliphatic rings. The maximum Gasteiger partial charge on any atom is 0.337 e. The zero-order valence-electron chi connectivity index (χ0n) is 12.9. The van der Waals surface area contributed by atoms with Crippen molar-refractivity contribution in [3.63, 3.8) is 0 Å². The van der Waals surface area contributed by atoms with Gasteiger partial charge in [0, 0.05) is 6.54 Å². The minimum atomic E-state index is -0.598. The molecule has 2 aromatic carbocycles. The summed E-state index contributed by atoms with van der Waals surface area (Å²) >= 11 is 0. The van der Waals surface area contributed by atoms with E-state index < -0.39 is 11.8 Å². The lowest BCUT2D eigenvalue weighted by Gasteiger charge is -2.10. The van der Waals surface area contributed by atoms with Gasteiger partial charge >= 0.3 is 5.97 Å². The van der Waals surface area contributed by atoms with Crippen molar-refractivity contribution >= 4 is 17.6 Å². The van der Waals surface area contributed by atoms with Crippen molar-refractivity contribution in [3.05, 3.63) is 65.2 Å². The quantitative estimate of drug-likeness (QED) is 0.797. The highest BCUT2D eigenvalue weighted by molar-refractivity contribution is 5.90. The highest BCUT2D eigenvalue weighted by Gasteiger charge is 2.10. The summed E-state index contributed by atoms with van der Waals surface area (Å²) < 4.78 is 31.0. The van der Waals surface area contributed by atoms with Crippen molar-refractivity contribution in [1.29, 1.82) is 0 Å². The van der Waals surface area contributed by atoms with E-state index in [9.17, 15) is 18.4 Å². The Morgan fingerprint density at radius 2 is 1.79 bits per heavy atom. The van der Waals surface area contributed by atoms with Crippen molar-refractivity contribution in [2.45, 2.75) is 6.54 Å². The van der Waals surface area contributed by atoms with E-state index >= 15 is 0 Å². The number of anilines is 1. The first kappa shape index (κ1) is 17.4. The van der Waals surface area contributed by atoms with E-state index in [1.54, 1.807) is 12.1 Å². The lowest BCUT2D eigenvalue weighted by Crippen LogP contribution is -2.29. The molecule has 0 aliphatic heterocycles. The third-order valence-corrected chi connectivity index (χ3v) is 3.23. The Morgan fingerprint density at radius 1 is 1.08 bits per heavy atom. The number of rotatable bonds is 6. The van der Waals surface area contributed by atoms with Gasteiger partial charge in [-0.1, -0.05) is 12.1 Å². The number of carbonyl (C=O) groups excluding carboxylic acids is 2. The van der Waals surface area contributed by atoms with E-state index in [2.05, 4.69) is 15.4 Å². The maximum absolute atomic E-state index is 13.7. The van der Waals surface area contributed by atoms with E-state index in [1.807, 2.05) is 0 Å². The molecular weight excluding hydrogens is 318 g/mol. The molecule has 0 saturated carbocycles. The van der Waals surface area contributed by atoms with Crippen molar-refractivity contribution in [2.75, 3.05) is 19.0 Å². The average Bonchev–Trinajstić information content (AvgIpc) is 2.59. The molecule has 0 unspecified atom stereocenters. The van der Waals surface area contributed by atoms with Gasteiger partial charge in [0.15, 0.2) is 0 Å². The third-order valence-electron chi connectivity index (χ3n) is 3.23. The molecule has 0 radical (unpaired) electrons. The normalized spacial score (nSPS) is 10.1. The van der Waals surface area contributed by atoms with Gasteiger partial charge in [-0.15, -0.1) is 0 Å². The van der Waals surface area contributed by atoms with Crippen LogP contribution in [0.3, 0.4) is 0 Å². The molecule has 5 nitrogen and oxygen atoms in total. The smallest absolute Gasteiger partial charge is 0.337 e. The number of hydrogen-bond donors (Lipinski definition) is 2. The second kappa shape index (κ2) is 8.05. The van der Waals surface area contributed by atoms with E-state index in [-0.39, 0.29) is 36.1 Å². The van der Waals surface area contributed by atoms with Crippen molar-refractivity contribution in [3.8, 4) is 0 Å². The molecule has 1 amide bonds. The second-order valence-corrected chi connectivity index (χ2v) is 4.94. The van der Waals surface area contributed by atoms with Gasteiger partial charge in [0.25, 0.3) is 0 Å². The Labute approximate surface area is 137 Å². The summed E-state index contributed by atoms with van der Waals surface area (Å²) in [4.78, 5) is 23.2. The fourth-order valence-electron chi connectivity index (χ4n) is 1.95. The maximum atomic E-state index is 13.7. The van der Waals surface area contributed by atoms with E-state index in [4.69, 9.17) is 0 Å². The summed E-state index contributed by atoms with van der Waals surface area (Å²) in [7, 11) is 1.22. The van der Waals surface area contributed by atoms with Crippen molar-refractivity contribution in [2.24, 2.45) is 0 Å². The molecule has 126 valence electrons. The van der Waals surface area contributed by atoms with E-state index in [0.29, 0.717) is 0 Å². The van der Waals surface area contributed by atoms with Gasteiger partial charge < -0.3 is 15.4 Å². The van der Waals surface area contributed by atoms with Gasteiger partial charge in [0.2, 0.25) is 5.91 Å². The molecule has 0 saturated heterocycles. The van der Waals surface area contributed by atoms with E-state index in [1.165, 1.54) is 31.4 Å². The van der Waals surface area contributed by atoms with Crippen LogP contribution in [0.4, 0.5) is 14.5 Å². The van der Waals surface area contributed by atoms with Crippen LogP contribution >= 0.6 is 0 Å². The van der Waals surface area contributed by atoms with Gasteiger partial charge in [0.05, 0.1) is 24.9 Å². The first-order chi connectivity index (χ1) is 11.5. The number of methoxy groups -OCH3 is 1. The van der Waals surface area contributed by atoms with Crippen LogP contribution < -0.4 is 10.6 Å². The Morgan fingerprint density at radius 3 is 2.46 bits per heavy atom. The lowest BCUT2D eigenvalue weighted by atomic mass is 10.2. The number of hydrogen-bond acceptors (Lipinski definition) is 4. The number of ether oxygens (including phenoxy) is 1. The standard InChI is InChI=1S/C17H16F2N2O3/c1-24-17(23)12-4-7-14(19)15(8-12)20-10-16(22)21-9-11-2-5-13(18)6-3-11/h2-8,20H,9-10H2,1H3,(H,21,22). The number of esters is 1. The van der Waals surface area contributed by atoms with Gasteiger partial charge in [-0.3, -0.25) is 4.79 Å². The molecule has 0 heterocycles. The van der Waals surface area contributed by atoms with Crippen LogP contribution in [0.2, 0.25) is 0 Å². The molecule has 0 atom stereocenters. The fraction of sp³-hybridized carbons (Fsp3) is 0.176. The predicted molar refractivity (Wildman–Crippen MR) is 84.5 cm³/mol. The van der Waals surface area contributed by atoms with Gasteiger partial charge in [0.1, 0.15) is 11.6 Å². The molecule has 2 aromatic rings. The summed E-state index contributed by atoms with van der Waals surface area (Å²) in [6, 6.07) is 9.40. The first-order valence-corrected chi connectivity index (χ1v) is 7.12. The molecule has 0 bridgehead atoms. The van der Waals surface area contributed by atoms with Crippen LogP contribution in [-0.4, -0.2) is 25.5 Å². The fourth-order valence-corrected chi connectivity index (χ4v) is 1.95. The second-order valence-electron chi connectivity index (χ2n) is 4.94. The molecule has 0 aliphatic carbocycles.